The highest BCUT2D eigenvalue weighted by atomic mass is 35.5. The maximum Gasteiger partial charge on any atom is 0.337 e. The second-order valence-corrected chi connectivity index (χ2v) is 5.26. The lowest BCUT2D eigenvalue weighted by Crippen LogP contribution is -2.08. The molecule has 24 heavy (non-hydrogen) atoms. The Hall–Kier alpha value is -2.38. The quantitative estimate of drug-likeness (QED) is 0.558. The first-order valence-corrected chi connectivity index (χ1v) is 7.72. The zero-order valence-electron chi connectivity index (χ0n) is 13.5. The third kappa shape index (κ3) is 5.07. The number of esters is 1. The van der Waals surface area contributed by atoms with E-state index in [1.54, 1.807) is 37.6 Å². The van der Waals surface area contributed by atoms with Crippen molar-refractivity contribution in [3.05, 3.63) is 41.0 Å². The number of hydrogen-bond donors (Lipinski definition) is 2. The van der Waals surface area contributed by atoms with Crippen molar-refractivity contribution in [1.82, 2.24) is 9.97 Å². The number of hydrogen-bond acceptors (Lipinski definition) is 7. The number of nitrogens with one attached hydrogen (secondary N) is 2. The minimum atomic E-state index is -0.441. The molecular weight excluding hydrogens is 332 g/mol. The summed E-state index contributed by atoms with van der Waals surface area (Å²) in [5.74, 6) is 0.615. The molecule has 8 heteroatoms. The Morgan fingerprint density at radius 2 is 2.12 bits per heavy atom. The molecule has 128 valence electrons. The zero-order chi connectivity index (χ0) is 17.4. The Balaban J connectivity index is 2.09. The minimum Gasteiger partial charge on any atom is -0.465 e. The van der Waals surface area contributed by atoms with Crippen molar-refractivity contribution in [2.45, 2.75) is 6.42 Å². The van der Waals surface area contributed by atoms with Crippen molar-refractivity contribution in [2.24, 2.45) is 0 Å². The molecule has 0 fully saturated rings. The fraction of sp³-hybridized carbons (Fsp3) is 0.312. The van der Waals surface area contributed by atoms with Crippen LogP contribution in [0.15, 0.2) is 30.5 Å². The standard InChI is InChI=1S/C16H19ClN4O3/c1-23-9-3-7-18-14-6-8-19-16(21-14)20-13-10-11(15(22)24-2)4-5-12(13)17/h4-6,8,10H,3,7,9H2,1-2H3,(H2,18,19,20,21). The summed E-state index contributed by atoms with van der Waals surface area (Å²) >= 11 is 6.15. The van der Waals surface area contributed by atoms with E-state index in [4.69, 9.17) is 21.1 Å². The van der Waals surface area contributed by atoms with Gasteiger partial charge in [0, 0.05) is 26.5 Å². The van der Waals surface area contributed by atoms with Crippen LogP contribution in [0, 0.1) is 0 Å². The van der Waals surface area contributed by atoms with Gasteiger partial charge in [0.2, 0.25) is 5.95 Å². The summed E-state index contributed by atoms with van der Waals surface area (Å²) in [7, 11) is 2.99. The van der Waals surface area contributed by atoms with Crippen molar-refractivity contribution in [3.8, 4) is 0 Å². The van der Waals surface area contributed by atoms with Gasteiger partial charge in [0.05, 0.1) is 23.4 Å². The van der Waals surface area contributed by atoms with Crippen LogP contribution < -0.4 is 10.6 Å². The number of rotatable bonds is 8. The number of carbonyl (C=O) groups excluding carboxylic acids is 1. The molecule has 0 aliphatic rings. The van der Waals surface area contributed by atoms with Crippen molar-refractivity contribution >= 4 is 35.0 Å². The second-order valence-electron chi connectivity index (χ2n) is 4.85. The van der Waals surface area contributed by atoms with E-state index in [0.717, 1.165) is 13.0 Å². The van der Waals surface area contributed by atoms with Gasteiger partial charge in [-0.1, -0.05) is 11.6 Å². The fourth-order valence-electron chi connectivity index (χ4n) is 1.94. The van der Waals surface area contributed by atoms with Gasteiger partial charge in [-0.3, -0.25) is 0 Å². The normalized spacial score (nSPS) is 10.3. The maximum absolute atomic E-state index is 11.6. The number of benzene rings is 1. The van der Waals surface area contributed by atoms with E-state index < -0.39 is 5.97 Å². The molecule has 0 saturated carbocycles. The molecule has 1 aromatic heterocycles. The molecule has 0 aliphatic heterocycles. The molecule has 0 radical (unpaired) electrons. The van der Waals surface area contributed by atoms with E-state index in [1.165, 1.54) is 7.11 Å². The lowest BCUT2D eigenvalue weighted by atomic mass is 10.2. The number of aromatic nitrogens is 2. The number of anilines is 3. The SMILES string of the molecule is COCCCNc1ccnc(Nc2cc(C(=O)OC)ccc2Cl)n1. The van der Waals surface area contributed by atoms with Crippen LogP contribution in [0.4, 0.5) is 17.5 Å². The number of nitrogens with zero attached hydrogens (tertiary/aromatic N) is 2. The number of methoxy groups -OCH3 is 2. The topological polar surface area (TPSA) is 85.4 Å². The Bertz CT molecular complexity index is 697. The van der Waals surface area contributed by atoms with Gasteiger partial charge in [-0.25, -0.2) is 9.78 Å². The highest BCUT2D eigenvalue weighted by Gasteiger charge is 2.10. The van der Waals surface area contributed by atoms with E-state index in [-0.39, 0.29) is 0 Å². The zero-order valence-corrected chi connectivity index (χ0v) is 14.3. The molecule has 0 spiro atoms. The summed E-state index contributed by atoms with van der Waals surface area (Å²) in [4.78, 5) is 20.1. The number of ether oxygens (including phenoxy) is 2. The number of halogens is 1. The van der Waals surface area contributed by atoms with Crippen LogP contribution in [0.2, 0.25) is 5.02 Å². The van der Waals surface area contributed by atoms with E-state index in [9.17, 15) is 4.79 Å². The second kappa shape index (κ2) is 9.05. The Kier molecular flexibility index (Phi) is 6.77. The summed E-state index contributed by atoms with van der Waals surface area (Å²) in [5, 5.41) is 6.64. The van der Waals surface area contributed by atoms with Gasteiger partial charge in [-0.05, 0) is 30.7 Å². The Morgan fingerprint density at radius 1 is 1.29 bits per heavy atom. The fourth-order valence-corrected chi connectivity index (χ4v) is 2.10. The molecule has 2 aromatic rings. The lowest BCUT2D eigenvalue weighted by molar-refractivity contribution is 0.0601. The summed E-state index contributed by atoms with van der Waals surface area (Å²) in [6, 6.07) is 6.57. The Morgan fingerprint density at radius 3 is 2.88 bits per heavy atom. The highest BCUT2D eigenvalue weighted by Crippen LogP contribution is 2.26. The molecule has 0 unspecified atom stereocenters. The van der Waals surface area contributed by atoms with Gasteiger partial charge in [0.25, 0.3) is 0 Å². The van der Waals surface area contributed by atoms with Crippen LogP contribution >= 0.6 is 11.6 Å². The summed E-state index contributed by atoms with van der Waals surface area (Å²) in [5.41, 5.74) is 0.911. The molecule has 0 amide bonds. The predicted molar refractivity (Wildman–Crippen MR) is 93.1 cm³/mol. The first kappa shape index (κ1) is 18.0. The summed E-state index contributed by atoms with van der Waals surface area (Å²) in [6.07, 6.45) is 2.50. The highest BCUT2D eigenvalue weighted by molar-refractivity contribution is 6.33. The molecule has 7 nitrogen and oxygen atoms in total. The van der Waals surface area contributed by atoms with Crippen LogP contribution in [-0.2, 0) is 9.47 Å². The third-order valence-electron chi connectivity index (χ3n) is 3.12. The molecular formula is C16H19ClN4O3. The maximum atomic E-state index is 11.6. The monoisotopic (exact) mass is 350 g/mol. The molecule has 1 heterocycles. The minimum absolute atomic E-state index is 0.371. The molecule has 2 rings (SSSR count). The largest absolute Gasteiger partial charge is 0.465 e. The van der Waals surface area contributed by atoms with Crippen LogP contribution in [0.3, 0.4) is 0 Å². The van der Waals surface area contributed by atoms with Gasteiger partial charge in [0.15, 0.2) is 0 Å². The first-order chi connectivity index (χ1) is 11.6. The lowest BCUT2D eigenvalue weighted by Gasteiger charge is -2.10. The van der Waals surface area contributed by atoms with Crippen LogP contribution in [0.1, 0.15) is 16.8 Å². The summed E-state index contributed by atoms with van der Waals surface area (Å²) in [6.45, 7) is 1.42. The Labute approximate surface area is 145 Å². The molecule has 2 N–H and O–H groups in total. The molecule has 1 aromatic carbocycles. The average Bonchev–Trinajstić information content (AvgIpc) is 2.60. The summed E-state index contributed by atoms with van der Waals surface area (Å²) < 4.78 is 9.70. The molecule has 0 aliphatic carbocycles. The van der Waals surface area contributed by atoms with Gasteiger partial charge in [-0.15, -0.1) is 0 Å². The molecule has 0 bridgehead atoms. The van der Waals surface area contributed by atoms with Crippen molar-refractivity contribution < 1.29 is 14.3 Å². The van der Waals surface area contributed by atoms with Gasteiger partial charge in [-0.2, -0.15) is 4.98 Å². The van der Waals surface area contributed by atoms with Crippen molar-refractivity contribution in [2.75, 3.05) is 38.0 Å². The van der Waals surface area contributed by atoms with Gasteiger partial charge >= 0.3 is 5.97 Å². The van der Waals surface area contributed by atoms with E-state index in [1.807, 2.05) is 0 Å². The van der Waals surface area contributed by atoms with Crippen molar-refractivity contribution in [1.29, 1.82) is 0 Å². The van der Waals surface area contributed by atoms with E-state index in [2.05, 4.69) is 20.6 Å². The van der Waals surface area contributed by atoms with E-state index >= 15 is 0 Å². The molecule has 0 saturated heterocycles. The predicted octanol–water partition coefficient (Wildman–Crippen LogP) is 3.11. The van der Waals surface area contributed by atoms with E-state index in [0.29, 0.717) is 34.6 Å². The van der Waals surface area contributed by atoms with Gasteiger partial charge in [0.1, 0.15) is 5.82 Å². The first-order valence-electron chi connectivity index (χ1n) is 7.35. The van der Waals surface area contributed by atoms with Crippen LogP contribution in [-0.4, -0.2) is 43.3 Å². The van der Waals surface area contributed by atoms with Crippen LogP contribution in [0.25, 0.3) is 0 Å². The van der Waals surface area contributed by atoms with Crippen LogP contribution in [0.5, 0.6) is 0 Å². The average molecular weight is 351 g/mol. The van der Waals surface area contributed by atoms with Gasteiger partial charge < -0.3 is 20.1 Å². The molecule has 0 atom stereocenters. The van der Waals surface area contributed by atoms with Crippen molar-refractivity contribution in [3.63, 3.8) is 0 Å². The number of carbonyl (C=O) groups is 1. The third-order valence-corrected chi connectivity index (χ3v) is 3.45. The smallest absolute Gasteiger partial charge is 0.337 e.